The summed E-state index contributed by atoms with van der Waals surface area (Å²) in [6.07, 6.45) is 0.190. The van der Waals surface area contributed by atoms with Gasteiger partial charge in [0.2, 0.25) is 0 Å². The van der Waals surface area contributed by atoms with Gasteiger partial charge >= 0.3 is 6.18 Å². The Balaban J connectivity index is 1.78. The normalized spacial score (nSPS) is 17.1. The Morgan fingerprint density at radius 2 is 1.87 bits per heavy atom. The lowest BCUT2D eigenvalue weighted by molar-refractivity contribution is -0.137. The highest BCUT2D eigenvalue weighted by atomic mass is 19.4. The van der Waals surface area contributed by atoms with Crippen molar-refractivity contribution in [1.29, 1.82) is 0 Å². The van der Waals surface area contributed by atoms with Crippen LogP contribution in [-0.2, 0) is 20.3 Å². The molecular formula is C22H22F3N3O2. The van der Waals surface area contributed by atoms with E-state index in [1.807, 2.05) is 6.92 Å². The van der Waals surface area contributed by atoms with Crippen LogP contribution < -0.4 is 5.56 Å². The van der Waals surface area contributed by atoms with E-state index in [-0.39, 0.29) is 17.0 Å². The quantitative estimate of drug-likeness (QED) is 0.628. The first-order valence-corrected chi connectivity index (χ1v) is 9.73. The first-order valence-electron chi connectivity index (χ1n) is 9.73. The third-order valence-electron chi connectivity index (χ3n) is 5.82. The summed E-state index contributed by atoms with van der Waals surface area (Å²) in [7, 11) is 3.41. The van der Waals surface area contributed by atoms with Crippen molar-refractivity contribution in [3.8, 4) is 0 Å². The molecule has 2 aromatic heterocycles. The zero-order valence-corrected chi connectivity index (χ0v) is 17.0. The standard InChI is InChI=1S/C22H22F3N3O2/c1-13-11-27(3)21(30)18-16(12-26(2)19(13)18)20(29)28-9-5-8-17(28)14-6-4-7-15(10-14)22(23,24)25/h4,6-7,10-12,17H,5,8-9H2,1-3H3. The van der Waals surface area contributed by atoms with Gasteiger partial charge in [0, 0.05) is 33.0 Å². The van der Waals surface area contributed by atoms with Gasteiger partial charge in [-0.2, -0.15) is 13.2 Å². The maximum Gasteiger partial charge on any atom is 0.416 e. The van der Waals surface area contributed by atoms with Crippen molar-refractivity contribution in [2.24, 2.45) is 14.1 Å². The van der Waals surface area contributed by atoms with Gasteiger partial charge in [0.05, 0.1) is 28.1 Å². The molecule has 1 aromatic carbocycles. The second-order valence-electron chi connectivity index (χ2n) is 7.89. The second kappa shape index (κ2) is 7.04. The highest BCUT2D eigenvalue weighted by Gasteiger charge is 2.35. The third kappa shape index (κ3) is 3.20. The fraction of sp³-hybridized carbons (Fsp3) is 0.364. The van der Waals surface area contributed by atoms with Crippen LogP contribution in [0, 0.1) is 6.92 Å². The molecule has 30 heavy (non-hydrogen) atoms. The Labute approximate surface area is 171 Å². The molecule has 0 spiro atoms. The smallest absolute Gasteiger partial charge is 0.349 e. The number of carbonyl (C=O) groups excluding carboxylic acids is 1. The SMILES string of the molecule is Cc1cn(C)c(=O)c2c(C(=O)N3CCCC3c3cccc(C(F)(F)F)c3)cn(C)c12. The maximum absolute atomic E-state index is 13.5. The molecule has 8 heteroatoms. The average molecular weight is 417 g/mol. The van der Waals surface area contributed by atoms with Gasteiger partial charge in [-0.05, 0) is 43.0 Å². The number of pyridine rings is 1. The number of fused-ring (bicyclic) bond motifs is 1. The van der Waals surface area contributed by atoms with Crippen LogP contribution in [0.2, 0.25) is 0 Å². The minimum atomic E-state index is -4.44. The third-order valence-corrected chi connectivity index (χ3v) is 5.82. The minimum absolute atomic E-state index is 0.269. The van der Waals surface area contributed by atoms with Crippen LogP contribution in [0.15, 0.2) is 41.5 Å². The van der Waals surface area contributed by atoms with Crippen LogP contribution in [0.25, 0.3) is 10.9 Å². The fourth-order valence-corrected chi connectivity index (χ4v) is 4.50. The van der Waals surface area contributed by atoms with Crippen LogP contribution in [0.1, 0.15) is 45.9 Å². The number of aromatic nitrogens is 2. The first-order chi connectivity index (χ1) is 14.1. The zero-order chi connectivity index (χ0) is 21.8. The summed E-state index contributed by atoms with van der Waals surface area (Å²) in [5, 5.41) is 0.347. The van der Waals surface area contributed by atoms with Crippen LogP contribution in [0.5, 0.6) is 0 Å². The molecule has 1 aliphatic heterocycles. The van der Waals surface area contributed by atoms with Crippen molar-refractivity contribution in [3.05, 3.63) is 69.3 Å². The van der Waals surface area contributed by atoms with Gasteiger partial charge in [-0.3, -0.25) is 9.59 Å². The van der Waals surface area contributed by atoms with Crippen LogP contribution in [0.4, 0.5) is 13.2 Å². The van der Waals surface area contributed by atoms with Crippen LogP contribution in [0.3, 0.4) is 0 Å². The molecule has 0 aliphatic carbocycles. The molecule has 158 valence electrons. The summed E-state index contributed by atoms with van der Waals surface area (Å²) in [6, 6.07) is 4.68. The molecule has 1 amide bonds. The fourth-order valence-electron chi connectivity index (χ4n) is 4.50. The van der Waals surface area contributed by atoms with E-state index < -0.39 is 17.8 Å². The molecule has 0 N–H and O–H groups in total. The summed E-state index contributed by atoms with van der Waals surface area (Å²) in [5.41, 5.74) is 1.31. The van der Waals surface area contributed by atoms with E-state index in [1.54, 1.807) is 42.0 Å². The van der Waals surface area contributed by atoms with Gasteiger partial charge in [0.1, 0.15) is 0 Å². The Bertz CT molecular complexity index is 1210. The Kier molecular flexibility index (Phi) is 4.75. The summed E-state index contributed by atoms with van der Waals surface area (Å²) < 4.78 is 42.7. The zero-order valence-electron chi connectivity index (χ0n) is 17.0. The maximum atomic E-state index is 13.5. The lowest BCUT2D eigenvalue weighted by Gasteiger charge is -2.25. The van der Waals surface area contributed by atoms with E-state index in [1.165, 1.54) is 10.6 Å². The number of likely N-dealkylation sites (tertiary alicyclic amines) is 1. The van der Waals surface area contributed by atoms with E-state index >= 15 is 0 Å². The van der Waals surface area contributed by atoms with Gasteiger partial charge in [-0.1, -0.05) is 12.1 Å². The van der Waals surface area contributed by atoms with Crippen molar-refractivity contribution < 1.29 is 18.0 Å². The Hall–Kier alpha value is -3.03. The lowest BCUT2D eigenvalue weighted by atomic mass is 10.0. The van der Waals surface area contributed by atoms with E-state index in [0.717, 1.165) is 17.7 Å². The number of benzene rings is 1. The summed E-state index contributed by atoms with van der Waals surface area (Å²) in [5.74, 6) is -0.330. The molecule has 1 atom stereocenters. The Morgan fingerprint density at radius 3 is 2.57 bits per heavy atom. The molecule has 3 aromatic rings. The molecule has 1 saturated heterocycles. The predicted octanol–water partition coefficient (Wildman–Crippen LogP) is 4.18. The number of rotatable bonds is 2. The summed E-state index contributed by atoms with van der Waals surface area (Å²) in [6.45, 7) is 2.31. The molecule has 5 nitrogen and oxygen atoms in total. The number of aryl methyl sites for hydroxylation is 3. The van der Waals surface area contributed by atoms with Gasteiger partial charge in [0.15, 0.2) is 0 Å². The number of halogens is 3. The minimum Gasteiger partial charge on any atom is -0.349 e. The number of hydrogen-bond acceptors (Lipinski definition) is 2. The molecule has 0 bridgehead atoms. The molecule has 1 aliphatic rings. The summed E-state index contributed by atoms with van der Waals surface area (Å²) in [4.78, 5) is 27.8. The van der Waals surface area contributed by atoms with Crippen molar-refractivity contribution in [2.75, 3.05) is 6.54 Å². The van der Waals surface area contributed by atoms with Crippen molar-refractivity contribution in [3.63, 3.8) is 0 Å². The van der Waals surface area contributed by atoms with Crippen LogP contribution in [-0.4, -0.2) is 26.5 Å². The van der Waals surface area contributed by atoms with Crippen molar-refractivity contribution in [1.82, 2.24) is 14.0 Å². The largest absolute Gasteiger partial charge is 0.416 e. The van der Waals surface area contributed by atoms with E-state index in [0.29, 0.717) is 35.9 Å². The lowest BCUT2D eigenvalue weighted by Crippen LogP contribution is -2.31. The molecular weight excluding hydrogens is 395 g/mol. The Morgan fingerprint density at radius 1 is 1.13 bits per heavy atom. The topological polar surface area (TPSA) is 47.2 Å². The van der Waals surface area contributed by atoms with E-state index in [2.05, 4.69) is 0 Å². The molecule has 3 heterocycles. The number of nitrogens with zero attached hydrogens (tertiary/aromatic N) is 3. The second-order valence-corrected chi connectivity index (χ2v) is 7.89. The van der Waals surface area contributed by atoms with Gasteiger partial charge in [-0.25, -0.2) is 0 Å². The van der Waals surface area contributed by atoms with Crippen molar-refractivity contribution >= 4 is 16.8 Å². The highest BCUT2D eigenvalue weighted by Crippen LogP contribution is 2.37. The predicted molar refractivity (Wildman–Crippen MR) is 107 cm³/mol. The monoisotopic (exact) mass is 417 g/mol. The molecule has 0 radical (unpaired) electrons. The first kappa shape index (κ1) is 20.3. The van der Waals surface area contributed by atoms with Crippen LogP contribution >= 0.6 is 0 Å². The molecule has 1 unspecified atom stereocenters. The van der Waals surface area contributed by atoms with E-state index in [9.17, 15) is 22.8 Å². The molecule has 4 rings (SSSR count). The molecule has 0 saturated carbocycles. The highest BCUT2D eigenvalue weighted by molar-refractivity contribution is 6.07. The number of alkyl halides is 3. The summed E-state index contributed by atoms with van der Waals surface area (Å²) >= 11 is 0. The molecule has 1 fully saturated rings. The average Bonchev–Trinajstić information content (AvgIpc) is 3.30. The van der Waals surface area contributed by atoms with E-state index in [4.69, 9.17) is 0 Å². The van der Waals surface area contributed by atoms with Crippen molar-refractivity contribution in [2.45, 2.75) is 32.0 Å². The number of hydrogen-bond donors (Lipinski definition) is 0. The number of carbonyl (C=O) groups is 1. The number of amides is 1. The van der Waals surface area contributed by atoms with Gasteiger partial charge in [0.25, 0.3) is 11.5 Å². The van der Waals surface area contributed by atoms with Gasteiger partial charge < -0.3 is 14.0 Å². The van der Waals surface area contributed by atoms with Gasteiger partial charge in [-0.15, -0.1) is 0 Å².